The highest BCUT2D eigenvalue weighted by molar-refractivity contribution is 6.33. The van der Waals surface area contributed by atoms with E-state index in [1.807, 2.05) is 23.1 Å². The lowest BCUT2D eigenvalue weighted by atomic mass is 9.78. The van der Waals surface area contributed by atoms with Crippen molar-refractivity contribution in [1.29, 1.82) is 0 Å². The molecule has 0 aliphatic carbocycles. The van der Waals surface area contributed by atoms with Gasteiger partial charge in [-0.3, -0.25) is 4.79 Å². The number of benzene rings is 1. The molecule has 1 aromatic carbocycles. The first-order valence-corrected chi connectivity index (χ1v) is 7.33. The lowest BCUT2D eigenvalue weighted by molar-refractivity contribution is 0.0762. The summed E-state index contributed by atoms with van der Waals surface area (Å²) in [5, 5.41) is 3.95. The Hall–Kier alpha value is -1.06. The quantitative estimate of drug-likeness (QED) is 0.856. The third-order valence-electron chi connectivity index (χ3n) is 4.49. The number of rotatable bonds is 1. The third kappa shape index (κ3) is 2.49. The van der Waals surface area contributed by atoms with Crippen LogP contribution in [0.1, 0.15) is 29.6 Å². The van der Waals surface area contributed by atoms with Crippen molar-refractivity contribution in [2.45, 2.75) is 19.3 Å². The number of amides is 1. The first kappa shape index (κ1) is 12.9. The maximum atomic E-state index is 12.5. The van der Waals surface area contributed by atoms with Crippen LogP contribution in [0.5, 0.6) is 0 Å². The van der Waals surface area contributed by atoms with E-state index in [0.29, 0.717) is 16.0 Å². The van der Waals surface area contributed by atoms with Gasteiger partial charge in [-0.05, 0) is 49.9 Å². The van der Waals surface area contributed by atoms with Crippen LogP contribution in [0.25, 0.3) is 0 Å². The van der Waals surface area contributed by atoms with Crippen LogP contribution in [0.2, 0.25) is 5.02 Å². The van der Waals surface area contributed by atoms with Crippen molar-refractivity contribution >= 4 is 17.5 Å². The minimum absolute atomic E-state index is 0.0843. The van der Waals surface area contributed by atoms with Gasteiger partial charge in [0.25, 0.3) is 5.91 Å². The van der Waals surface area contributed by atoms with Crippen molar-refractivity contribution < 1.29 is 4.79 Å². The van der Waals surface area contributed by atoms with Gasteiger partial charge < -0.3 is 10.2 Å². The smallest absolute Gasteiger partial charge is 0.255 e. The molecule has 1 N–H and O–H groups in total. The summed E-state index contributed by atoms with van der Waals surface area (Å²) in [5.74, 6) is 0.0843. The molecule has 3 rings (SSSR count). The predicted octanol–water partition coefficient (Wildman–Crippen LogP) is 2.56. The van der Waals surface area contributed by atoms with Gasteiger partial charge in [0.1, 0.15) is 0 Å². The third-order valence-corrected chi connectivity index (χ3v) is 4.82. The maximum absolute atomic E-state index is 12.5. The van der Waals surface area contributed by atoms with E-state index in [9.17, 15) is 4.79 Å². The molecule has 1 spiro atoms. The summed E-state index contributed by atoms with van der Waals surface area (Å²) in [5.41, 5.74) is 0.984. The lowest BCUT2D eigenvalue weighted by Crippen LogP contribution is -2.39. The van der Waals surface area contributed by atoms with Gasteiger partial charge in [-0.15, -0.1) is 0 Å². The van der Waals surface area contributed by atoms with E-state index in [-0.39, 0.29) is 5.91 Å². The normalized spacial score (nSPS) is 21.8. The van der Waals surface area contributed by atoms with Crippen LogP contribution in [-0.2, 0) is 0 Å². The van der Waals surface area contributed by atoms with Crippen molar-refractivity contribution in [3.8, 4) is 0 Å². The van der Waals surface area contributed by atoms with Gasteiger partial charge >= 0.3 is 0 Å². The van der Waals surface area contributed by atoms with Crippen LogP contribution < -0.4 is 5.32 Å². The molecule has 0 saturated carbocycles. The number of nitrogens with one attached hydrogen (secondary N) is 1. The van der Waals surface area contributed by atoms with Crippen molar-refractivity contribution in [3.05, 3.63) is 34.9 Å². The number of likely N-dealkylation sites (tertiary alicyclic amines) is 1. The summed E-state index contributed by atoms with van der Waals surface area (Å²) >= 11 is 6.12. The number of halogens is 1. The average Bonchev–Trinajstić information content (AvgIpc) is 2.83. The second-order valence-corrected chi connectivity index (χ2v) is 6.11. The van der Waals surface area contributed by atoms with E-state index in [1.165, 1.54) is 12.8 Å². The SMILES string of the molecule is O=C(c1ccccc1Cl)N1CCC2(CCNCC2)C1. The second kappa shape index (κ2) is 5.14. The first-order valence-electron chi connectivity index (χ1n) is 6.95. The Morgan fingerprint density at radius 3 is 2.68 bits per heavy atom. The molecule has 2 heterocycles. The van der Waals surface area contributed by atoms with Crippen molar-refractivity contribution in [2.24, 2.45) is 5.41 Å². The fourth-order valence-corrected chi connectivity index (χ4v) is 3.50. The monoisotopic (exact) mass is 278 g/mol. The van der Waals surface area contributed by atoms with E-state index >= 15 is 0 Å². The molecule has 2 aliphatic heterocycles. The van der Waals surface area contributed by atoms with Gasteiger partial charge in [0, 0.05) is 13.1 Å². The molecule has 19 heavy (non-hydrogen) atoms. The number of hydrogen-bond acceptors (Lipinski definition) is 2. The summed E-state index contributed by atoms with van der Waals surface area (Å²) in [6, 6.07) is 7.33. The largest absolute Gasteiger partial charge is 0.338 e. The summed E-state index contributed by atoms with van der Waals surface area (Å²) in [6.45, 7) is 3.91. The minimum atomic E-state index is 0.0843. The van der Waals surface area contributed by atoms with Gasteiger partial charge in [0.15, 0.2) is 0 Å². The zero-order valence-electron chi connectivity index (χ0n) is 11.0. The van der Waals surface area contributed by atoms with E-state index in [4.69, 9.17) is 11.6 Å². The molecule has 0 bridgehead atoms. The average molecular weight is 279 g/mol. The van der Waals surface area contributed by atoms with Crippen molar-refractivity contribution in [1.82, 2.24) is 10.2 Å². The Kier molecular flexibility index (Phi) is 3.50. The number of piperidine rings is 1. The Balaban J connectivity index is 1.74. The van der Waals surface area contributed by atoms with Crippen LogP contribution in [0, 0.1) is 5.41 Å². The molecule has 4 heteroatoms. The summed E-state index contributed by atoms with van der Waals surface area (Å²) in [7, 11) is 0. The molecule has 0 atom stereocenters. The fourth-order valence-electron chi connectivity index (χ4n) is 3.28. The molecule has 1 amide bonds. The summed E-state index contributed by atoms with van der Waals surface area (Å²) in [4.78, 5) is 14.5. The summed E-state index contributed by atoms with van der Waals surface area (Å²) < 4.78 is 0. The van der Waals surface area contributed by atoms with Crippen molar-refractivity contribution in [2.75, 3.05) is 26.2 Å². The van der Waals surface area contributed by atoms with Crippen LogP contribution in [-0.4, -0.2) is 37.0 Å². The Labute approximate surface area is 118 Å². The zero-order valence-corrected chi connectivity index (χ0v) is 11.7. The number of nitrogens with zero attached hydrogens (tertiary/aromatic N) is 1. The highest BCUT2D eigenvalue weighted by atomic mass is 35.5. The number of hydrogen-bond donors (Lipinski definition) is 1. The van der Waals surface area contributed by atoms with Crippen LogP contribution in [0.15, 0.2) is 24.3 Å². The Morgan fingerprint density at radius 2 is 1.95 bits per heavy atom. The fraction of sp³-hybridized carbons (Fsp3) is 0.533. The van der Waals surface area contributed by atoms with E-state index in [0.717, 1.165) is 32.6 Å². The molecule has 102 valence electrons. The van der Waals surface area contributed by atoms with E-state index < -0.39 is 0 Å². The van der Waals surface area contributed by atoms with Gasteiger partial charge in [0.2, 0.25) is 0 Å². The van der Waals surface area contributed by atoms with Crippen LogP contribution in [0.4, 0.5) is 0 Å². The van der Waals surface area contributed by atoms with E-state index in [2.05, 4.69) is 5.32 Å². The van der Waals surface area contributed by atoms with Crippen LogP contribution >= 0.6 is 11.6 Å². The van der Waals surface area contributed by atoms with Gasteiger partial charge in [-0.2, -0.15) is 0 Å². The molecule has 1 aromatic rings. The molecule has 2 aliphatic rings. The molecule has 0 radical (unpaired) electrons. The molecular weight excluding hydrogens is 260 g/mol. The zero-order chi connectivity index (χ0) is 13.3. The number of carbonyl (C=O) groups excluding carboxylic acids is 1. The van der Waals surface area contributed by atoms with Crippen LogP contribution in [0.3, 0.4) is 0 Å². The molecule has 3 nitrogen and oxygen atoms in total. The van der Waals surface area contributed by atoms with Gasteiger partial charge in [-0.25, -0.2) is 0 Å². The van der Waals surface area contributed by atoms with Gasteiger partial charge in [0.05, 0.1) is 10.6 Å². The first-order chi connectivity index (χ1) is 9.20. The highest BCUT2D eigenvalue weighted by Crippen LogP contribution is 2.39. The molecule has 2 saturated heterocycles. The molecule has 0 unspecified atom stereocenters. The van der Waals surface area contributed by atoms with Gasteiger partial charge in [-0.1, -0.05) is 23.7 Å². The highest BCUT2D eigenvalue weighted by Gasteiger charge is 2.40. The summed E-state index contributed by atoms with van der Waals surface area (Å²) in [6.07, 6.45) is 3.49. The second-order valence-electron chi connectivity index (χ2n) is 5.71. The Morgan fingerprint density at radius 1 is 1.21 bits per heavy atom. The predicted molar refractivity (Wildman–Crippen MR) is 76.5 cm³/mol. The standard InChI is InChI=1S/C15H19ClN2O/c16-13-4-2-1-3-12(13)14(19)18-10-7-15(11-18)5-8-17-9-6-15/h1-4,17H,5-11H2. The maximum Gasteiger partial charge on any atom is 0.255 e. The van der Waals surface area contributed by atoms with Crippen molar-refractivity contribution in [3.63, 3.8) is 0 Å². The molecular formula is C15H19ClN2O. The number of carbonyl (C=O) groups is 1. The van der Waals surface area contributed by atoms with E-state index in [1.54, 1.807) is 6.07 Å². The minimum Gasteiger partial charge on any atom is -0.338 e. The lowest BCUT2D eigenvalue weighted by Gasteiger charge is -2.33. The molecule has 0 aromatic heterocycles. The Bertz CT molecular complexity index is 483. The topological polar surface area (TPSA) is 32.3 Å². The molecule has 2 fully saturated rings.